The molecule has 0 atom stereocenters. The molecule has 0 aromatic carbocycles. The molecule has 18 heavy (non-hydrogen) atoms. The number of rotatable bonds is 6. The molecular weight excluding hydrogens is 234 g/mol. The Morgan fingerprint density at radius 2 is 2.11 bits per heavy atom. The Bertz CT molecular complexity index is 452. The van der Waals surface area contributed by atoms with Gasteiger partial charge in [0.2, 0.25) is 0 Å². The Kier molecular flexibility index (Phi) is 5.35. The maximum absolute atomic E-state index is 11.8. The Labute approximate surface area is 106 Å². The molecule has 0 radical (unpaired) electrons. The van der Waals surface area contributed by atoms with Crippen molar-refractivity contribution in [3.63, 3.8) is 0 Å². The predicted molar refractivity (Wildman–Crippen MR) is 68.7 cm³/mol. The SMILES string of the molecule is CCN(CC)c1cnn(CCC(=O)OC)c(=O)c1. The van der Waals surface area contributed by atoms with Gasteiger partial charge in [0.1, 0.15) is 0 Å². The highest BCUT2D eigenvalue weighted by molar-refractivity contribution is 5.68. The minimum absolute atomic E-state index is 0.147. The molecule has 0 amide bonds. The van der Waals surface area contributed by atoms with Crippen LogP contribution in [-0.2, 0) is 16.1 Å². The lowest BCUT2D eigenvalue weighted by molar-refractivity contribution is -0.140. The van der Waals surface area contributed by atoms with Crippen LogP contribution in [-0.4, -0.2) is 35.9 Å². The fraction of sp³-hybridized carbons (Fsp3) is 0.583. The van der Waals surface area contributed by atoms with E-state index in [1.54, 1.807) is 6.20 Å². The minimum atomic E-state index is -0.350. The van der Waals surface area contributed by atoms with Crippen molar-refractivity contribution in [1.29, 1.82) is 0 Å². The molecule has 0 aliphatic carbocycles. The van der Waals surface area contributed by atoms with Crippen molar-refractivity contribution >= 4 is 11.7 Å². The van der Waals surface area contributed by atoms with Gasteiger partial charge >= 0.3 is 5.97 Å². The van der Waals surface area contributed by atoms with Gasteiger partial charge in [0.05, 0.1) is 32.0 Å². The van der Waals surface area contributed by atoms with Gasteiger partial charge < -0.3 is 9.64 Å². The minimum Gasteiger partial charge on any atom is -0.469 e. The second-order valence-electron chi connectivity index (χ2n) is 3.77. The predicted octanol–water partition coefficient (Wildman–Crippen LogP) is 0.653. The van der Waals surface area contributed by atoms with Crippen molar-refractivity contribution in [2.75, 3.05) is 25.1 Å². The van der Waals surface area contributed by atoms with E-state index in [-0.39, 0.29) is 24.5 Å². The molecule has 0 N–H and O–H groups in total. The van der Waals surface area contributed by atoms with Crippen LogP contribution in [0.3, 0.4) is 0 Å². The molecule has 0 spiro atoms. The molecule has 0 saturated carbocycles. The van der Waals surface area contributed by atoms with Crippen LogP contribution >= 0.6 is 0 Å². The summed E-state index contributed by atoms with van der Waals surface area (Å²) in [5.41, 5.74) is 0.600. The number of hydrogen-bond donors (Lipinski definition) is 0. The third-order valence-electron chi connectivity index (χ3n) is 2.74. The summed E-state index contributed by atoms with van der Waals surface area (Å²) in [6.07, 6.45) is 1.79. The van der Waals surface area contributed by atoms with E-state index in [1.807, 2.05) is 18.7 Å². The van der Waals surface area contributed by atoms with Crippen molar-refractivity contribution in [3.05, 3.63) is 22.6 Å². The van der Waals surface area contributed by atoms with E-state index in [4.69, 9.17) is 0 Å². The van der Waals surface area contributed by atoms with Crippen LogP contribution in [0.2, 0.25) is 0 Å². The maximum atomic E-state index is 11.8. The van der Waals surface area contributed by atoms with E-state index >= 15 is 0 Å². The highest BCUT2D eigenvalue weighted by Crippen LogP contribution is 2.08. The number of hydrogen-bond acceptors (Lipinski definition) is 5. The lowest BCUT2D eigenvalue weighted by Gasteiger charge is -2.20. The van der Waals surface area contributed by atoms with Crippen molar-refractivity contribution in [2.45, 2.75) is 26.8 Å². The average Bonchev–Trinajstić information content (AvgIpc) is 2.38. The van der Waals surface area contributed by atoms with Gasteiger partial charge in [0.25, 0.3) is 5.56 Å². The van der Waals surface area contributed by atoms with Crippen molar-refractivity contribution in [1.82, 2.24) is 9.78 Å². The molecule has 0 bridgehead atoms. The molecule has 1 aromatic heterocycles. The first-order valence-electron chi connectivity index (χ1n) is 6.01. The van der Waals surface area contributed by atoms with Gasteiger partial charge in [-0.25, -0.2) is 4.68 Å². The van der Waals surface area contributed by atoms with Crippen LogP contribution in [0.25, 0.3) is 0 Å². The Balaban J connectivity index is 2.80. The number of esters is 1. The molecular formula is C12H19N3O3. The number of ether oxygens (including phenoxy) is 1. The third-order valence-corrected chi connectivity index (χ3v) is 2.74. The summed E-state index contributed by atoms with van der Waals surface area (Å²) in [6.45, 7) is 5.93. The fourth-order valence-corrected chi connectivity index (χ4v) is 1.65. The van der Waals surface area contributed by atoms with Gasteiger partial charge in [-0.1, -0.05) is 0 Å². The first-order valence-corrected chi connectivity index (χ1v) is 6.01. The largest absolute Gasteiger partial charge is 0.469 e. The van der Waals surface area contributed by atoms with Gasteiger partial charge in [-0.3, -0.25) is 9.59 Å². The van der Waals surface area contributed by atoms with Crippen LogP contribution in [0.1, 0.15) is 20.3 Å². The number of anilines is 1. The van der Waals surface area contributed by atoms with E-state index < -0.39 is 0 Å². The first kappa shape index (κ1) is 14.2. The zero-order valence-corrected chi connectivity index (χ0v) is 11.0. The molecule has 100 valence electrons. The van der Waals surface area contributed by atoms with Gasteiger partial charge in [-0.15, -0.1) is 0 Å². The van der Waals surface area contributed by atoms with Crippen LogP contribution in [0.5, 0.6) is 0 Å². The molecule has 0 fully saturated rings. The summed E-state index contributed by atoms with van der Waals surface area (Å²) in [5, 5.41) is 4.06. The Hall–Kier alpha value is -1.85. The second-order valence-corrected chi connectivity index (χ2v) is 3.77. The number of carbonyl (C=O) groups is 1. The molecule has 0 saturated heterocycles. The zero-order chi connectivity index (χ0) is 13.5. The molecule has 0 aliphatic heterocycles. The molecule has 6 heteroatoms. The van der Waals surface area contributed by atoms with Crippen molar-refractivity contribution < 1.29 is 9.53 Å². The summed E-state index contributed by atoms with van der Waals surface area (Å²) in [6, 6.07) is 1.54. The second kappa shape index (κ2) is 6.78. The average molecular weight is 253 g/mol. The summed E-state index contributed by atoms with van der Waals surface area (Å²) >= 11 is 0. The third kappa shape index (κ3) is 3.58. The summed E-state index contributed by atoms with van der Waals surface area (Å²) in [7, 11) is 1.32. The van der Waals surface area contributed by atoms with Gasteiger partial charge in [0, 0.05) is 19.2 Å². The van der Waals surface area contributed by atoms with Gasteiger partial charge in [-0.2, -0.15) is 5.10 Å². The maximum Gasteiger partial charge on any atom is 0.307 e. The lowest BCUT2D eigenvalue weighted by atomic mass is 10.3. The van der Waals surface area contributed by atoms with E-state index in [0.717, 1.165) is 18.8 Å². The fourth-order valence-electron chi connectivity index (χ4n) is 1.65. The molecule has 0 unspecified atom stereocenters. The molecule has 1 heterocycles. The highest BCUT2D eigenvalue weighted by atomic mass is 16.5. The quantitative estimate of drug-likeness (QED) is 0.697. The Morgan fingerprint density at radius 1 is 1.44 bits per heavy atom. The van der Waals surface area contributed by atoms with Crippen molar-refractivity contribution in [3.8, 4) is 0 Å². The molecule has 0 aliphatic rings. The van der Waals surface area contributed by atoms with E-state index in [2.05, 4.69) is 9.84 Å². The number of methoxy groups -OCH3 is 1. The normalized spacial score (nSPS) is 10.2. The Morgan fingerprint density at radius 3 is 2.61 bits per heavy atom. The highest BCUT2D eigenvalue weighted by Gasteiger charge is 2.07. The van der Waals surface area contributed by atoms with Gasteiger partial charge in [0.15, 0.2) is 0 Å². The van der Waals surface area contributed by atoms with E-state index in [1.165, 1.54) is 17.9 Å². The number of nitrogens with zero attached hydrogens (tertiary/aromatic N) is 3. The number of aryl methyl sites for hydroxylation is 1. The smallest absolute Gasteiger partial charge is 0.307 e. The van der Waals surface area contributed by atoms with Crippen LogP contribution in [0.4, 0.5) is 5.69 Å². The summed E-state index contributed by atoms with van der Waals surface area (Å²) in [5.74, 6) is -0.350. The van der Waals surface area contributed by atoms with Crippen LogP contribution < -0.4 is 10.5 Å². The topological polar surface area (TPSA) is 64.4 Å². The zero-order valence-electron chi connectivity index (χ0n) is 11.0. The summed E-state index contributed by atoms with van der Waals surface area (Å²) < 4.78 is 5.79. The molecule has 1 aromatic rings. The van der Waals surface area contributed by atoms with E-state index in [0.29, 0.717) is 0 Å². The monoisotopic (exact) mass is 253 g/mol. The van der Waals surface area contributed by atoms with Crippen molar-refractivity contribution in [2.24, 2.45) is 0 Å². The lowest BCUT2D eigenvalue weighted by Crippen LogP contribution is -2.28. The summed E-state index contributed by atoms with van der Waals surface area (Å²) in [4.78, 5) is 24.8. The van der Waals surface area contributed by atoms with Crippen LogP contribution in [0, 0.1) is 0 Å². The standard InChI is InChI=1S/C12H19N3O3/c1-4-14(5-2)10-8-11(16)15(13-9-10)7-6-12(17)18-3/h8-9H,4-7H2,1-3H3. The molecule has 6 nitrogen and oxygen atoms in total. The molecule has 1 rings (SSSR count). The van der Waals surface area contributed by atoms with Gasteiger partial charge in [-0.05, 0) is 13.8 Å². The first-order chi connectivity index (χ1) is 8.62. The van der Waals surface area contributed by atoms with E-state index in [9.17, 15) is 9.59 Å². The number of aromatic nitrogens is 2. The number of carbonyl (C=O) groups excluding carboxylic acids is 1. The van der Waals surface area contributed by atoms with Crippen LogP contribution in [0.15, 0.2) is 17.1 Å².